The molecule has 2 atom stereocenters. The first-order valence-corrected chi connectivity index (χ1v) is 12.9. The van der Waals surface area contributed by atoms with Crippen LogP contribution in [0.4, 0.5) is 28.2 Å². The van der Waals surface area contributed by atoms with Gasteiger partial charge in [-0.3, -0.25) is 9.69 Å². The number of alkyl halides is 4. The number of rotatable bonds is 7. The minimum absolute atomic E-state index is 0.0352. The molecule has 2 aliphatic heterocycles. The summed E-state index contributed by atoms with van der Waals surface area (Å²) in [4.78, 5) is 36.6. The molecular weight excluding hydrogens is 568 g/mol. The first-order chi connectivity index (χ1) is 20.0. The van der Waals surface area contributed by atoms with Gasteiger partial charge >= 0.3 is 12.3 Å². The van der Waals surface area contributed by atoms with Gasteiger partial charge in [-0.25, -0.2) is 23.7 Å². The zero-order valence-electron chi connectivity index (χ0n) is 22.4. The van der Waals surface area contributed by atoms with E-state index in [0.29, 0.717) is 36.5 Å². The first kappa shape index (κ1) is 29.2. The summed E-state index contributed by atoms with van der Waals surface area (Å²) in [5, 5.41) is 6.84. The third-order valence-corrected chi connectivity index (χ3v) is 6.93. The molecule has 2 aliphatic rings. The molecule has 0 radical (unpaired) electrons. The summed E-state index contributed by atoms with van der Waals surface area (Å²) >= 11 is 0. The van der Waals surface area contributed by atoms with E-state index in [-0.39, 0.29) is 23.8 Å². The number of amides is 2. The van der Waals surface area contributed by atoms with Crippen LogP contribution < -0.4 is 15.8 Å². The summed E-state index contributed by atoms with van der Waals surface area (Å²) < 4.78 is 68.4. The number of halogens is 4. The van der Waals surface area contributed by atoms with Crippen LogP contribution in [0.15, 0.2) is 24.7 Å². The molecule has 3 N–H and O–H groups in total. The molecule has 2 saturated heterocycles. The van der Waals surface area contributed by atoms with Crippen molar-refractivity contribution < 1.29 is 41.4 Å². The number of likely N-dealkylation sites (tertiary alicyclic amines) is 1. The normalized spacial score (nSPS) is 19.7. The molecule has 42 heavy (non-hydrogen) atoms. The number of fused-ring (bicyclic) bond motifs is 1. The minimum atomic E-state index is -4.72. The number of carbonyl (C=O) groups is 2. The van der Waals surface area contributed by atoms with Crippen LogP contribution in [0.5, 0.6) is 5.88 Å². The van der Waals surface area contributed by atoms with Gasteiger partial charge in [-0.05, 0) is 17.7 Å². The lowest BCUT2D eigenvalue weighted by Gasteiger charge is -2.26. The van der Waals surface area contributed by atoms with E-state index in [1.807, 2.05) is 6.07 Å². The predicted molar refractivity (Wildman–Crippen MR) is 138 cm³/mol. The fourth-order valence-electron chi connectivity index (χ4n) is 4.92. The van der Waals surface area contributed by atoms with Gasteiger partial charge in [0.05, 0.1) is 38.6 Å². The fraction of sp³-hybridized carbons (Fsp3) is 0.480. The van der Waals surface area contributed by atoms with Gasteiger partial charge < -0.3 is 30.2 Å². The van der Waals surface area contributed by atoms with Gasteiger partial charge in [0.2, 0.25) is 5.88 Å². The zero-order chi connectivity index (χ0) is 30.0. The van der Waals surface area contributed by atoms with E-state index in [1.165, 1.54) is 25.7 Å². The number of ether oxygens (including phenoxy) is 3. The molecule has 226 valence electrons. The monoisotopic (exact) mass is 596 g/mol. The van der Waals surface area contributed by atoms with E-state index >= 15 is 0 Å². The average Bonchev–Trinajstić information content (AvgIpc) is 3.52. The molecular formula is C25H28F4N8O5. The quantitative estimate of drug-likeness (QED) is 0.386. The Labute approximate surface area is 236 Å². The van der Waals surface area contributed by atoms with Crippen molar-refractivity contribution in [3.63, 3.8) is 0 Å². The molecule has 5 heterocycles. The number of pyridine rings is 1. The molecule has 17 heteroatoms. The maximum atomic E-state index is 14.7. The van der Waals surface area contributed by atoms with Crippen LogP contribution in [-0.2, 0) is 16.0 Å². The molecule has 0 saturated carbocycles. The van der Waals surface area contributed by atoms with Crippen LogP contribution >= 0.6 is 0 Å². The highest BCUT2D eigenvalue weighted by molar-refractivity contribution is 5.98. The van der Waals surface area contributed by atoms with Crippen LogP contribution in [0.3, 0.4) is 0 Å². The molecule has 0 spiro atoms. The number of morpholine rings is 1. The molecule has 2 fully saturated rings. The maximum Gasteiger partial charge on any atom is 0.422 e. The molecule has 13 nitrogen and oxygen atoms in total. The highest BCUT2D eigenvalue weighted by atomic mass is 19.4. The summed E-state index contributed by atoms with van der Waals surface area (Å²) in [6.45, 7) is 0.529. The standard InChI is InChI=1S/C25H28F4N8O5/c1-40-23-16(22(38)34-18-11-36(10-17(18)26)24(39)42-12-25(27,28)29)6-14(8-31-23)19-7-15(9-35-2-4-41-5-3-35)20-21(30)32-13-33-37(19)20/h6-8,13,17-18H,2-5,9-12H2,1H3,(H,34,38)(H2,30,32,33)/t17-,18?/m0/s1. The Hall–Kier alpha value is -4.25. The topological polar surface area (TPSA) is 149 Å². The summed E-state index contributed by atoms with van der Waals surface area (Å²) in [5.41, 5.74) is 8.67. The number of hydrogen-bond donors (Lipinski definition) is 2. The Bertz CT molecular complexity index is 1460. The number of nitrogens with two attached hydrogens (primary N) is 1. The molecule has 0 aliphatic carbocycles. The Morgan fingerprint density at radius 1 is 1.19 bits per heavy atom. The number of anilines is 1. The number of nitrogens with one attached hydrogen (secondary N) is 1. The van der Waals surface area contributed by atoms with Crippen LogP contribution in [0.2, 0.25) is 0 Å². The lowest BCUT2D eigenvalue weighted by Crippen LogP contribution is -2.42. The largest absolute Gasteiger partial charge is 0.480 e. The van der Waals surface area contributed by atoms with E-state index in [1.54, 1.807) is 4.52 Å². The molecule has 2 amide bonds. The van der Waals surface area contributed by atoms with Crippen LogP contribution in [0.1, 0.15) is 15.9 Å². The average molecular weight is 597 g/mol. The van der Waals surface area contributed by atoms with Crippen molar-refractivity contribution in [1.29, 1.82) is 0 Å². The van der Waals surface area contributed by atoms with E-state index in [0.717, 1.165) is 23.6 Å². The van der Waals surface area contributed by atoms with Gasteiger partial charge in [0.15, 0.2) is 12.4 Å². The van der Waals surface area contributed by atoms with Crippen molar-refractivity contribution in [3.8, 4) is 17.1 Å². The highest BCUT2D eigenvalue weighted by Crippen LogP contribution is 2.31. The van der Waals surface area contributed by atoms with Crippen molar-refractivity contribution in [3.05, 3.63) is 35.8 Å². The second-order valence-electron chi connectivity index (χ2n) is 9.80. The molecule has 0 bridgehead atoms. The number of carbonyl (C=O) groups excluding carboxylic acids is 2. The van der Waals surface area contributed by atoms with Gasteiger partial charge in [0.1, 0.15) is 23.6 Å². The smallest absolute Gasteiger partial charge is 0.422 e. The SMILES string of the molecule is COc1ncc(-c2cc(CN3CCOCC3)c3c(N)ncnn23)cc1C(=O)NC1CN(C(=O)OCC(F)(F)F)C[C@@H]1F. The Kier molecular flexibility index (Phi) is 8.31. The summed E-state index contributed by atoms with van der Waals surface area (Å²) in [6.07, 6.45) is -5.00. The van der Waals surface area contributed by atoms with Gasteiger partial charge in [-0.1, -0.05) is 0 Å². The van der Waals surface area contributed by atoms with Gasteiger partial charge in [0, 0.05) is 37.9 Å². The van der Waals surface area contributed by atoms with Crippen LogP contribution in [0, 0.1) is 0 Å². The molecule has 1 unspecified atom stereocenters. The van der Waals surface area contributed by atoms with Crippen molar-refractivity contribution >= 4 is 23.3 Å². The second-order valence-corrected chi connectivity index (χ2v) is 9.80. The molecule has 0 aromatic carbocycles. The Morgan fingerprint density at radius 3 is 2.67 bits per heavy atom. The van der Waals surface area contributed by atoms with Crippen LogP contribution in [-0.4, -0.2) is 113 Å². The molecule has 3 aromatic rings. The Balaban J connectivity index is 1.38. The van der Waals surface area contributed by atoms with Crippen molar-refractivity contribution in [1.82, 2.24) is 34.7 Å². The summed E-state index contributed by atoms with van der Waals surface area (Å²) in [6, 6.07) is 2.17. The van der Waals surface area contributed by atoms with Gasteiger partial charge in [-0.15, -0.1) is 0 Å². The zero-order valence-corrected chi connectivity index (χ0v) is 22.4. The number of methoxy groups -OCH3 is 1. The number of hydrogen-bond acceptors (Lipinski definition) is 10. The lowest BCUT2D eigenvalue weighted by atomic mass is 10.1. The predicted octanol–water partition coefficient (Wildman–Crippen LogP) is 1.67. The number of nitrogen functional groups attached to an aromatic ring is 1. The first-order valence-electron chi connectivity index (χ1n) is 12.9. The van der Waals surface area contributed by atoms with Crippen molar-refractivity contribution in [2.24, 2.45) is 0 Å². The number of nitrogens with zero attached hydrogens (tertiary/aromatic N) is 6. The second kappa shape index (κ2) is 11.9. The molecule has 3 aromatic heterocycles. The fourth-order valence-corrected chi connectivity index (χ4v) is 4.92. The van der Waals surface area contributed by atoms with Gasteiger partial charge in [-0.2, -0.15) is 18.3 Å². The lowest BCUT2D eigenvalue weighted by molar-refractivity contribution is -0.162. The van der Waals surface area contributed by atoms with E-state index < -0.39 is 43.5 Å². The third kappa shape index (κ3) is 6.30. The van der Waals surface area contributed by atoms with E-state index in [9.17, 15) is 27.2 Å². The molecule has 5 rings (SSSR count). The third-order valence-electron chi connectivity index (χ3n) is 6.93. The van der Waals surface area contributed by atoms with E-state index in [4.69, 9.17) is 15.2 Å². The highest BCUT2D eigenvalue weighted by Gasteiger charge is 2.39. The van der Waals surface area contributed by atoms with Crippen molar-refractivity contribution in [2.75, 3.05) is 58.8 Å². The number of aromatic nitrogens is 4. The maximum absolute atomic E-state index is 14.7. The summed E-state index contributed by atoms with van der Waals surface area (Å²) in [5.74, 6) is -0.537. The Morgan fingerprint density at radius 2 is 1.95 bits per heavy atom. The van der Waals surface area contributed by atoms with Crippen molar-refractivity contribution in [2.45, 2.75) is 24.9 Å². The summed E-state index contributed by atoms with van der Waals surface area (Å²) in [7, 11) is 1.31. The minimum Gasteiger partial charge on any atom is -0.480 e. The van der Waals surface area contributed by atoms with Crippen LogP contribution in [0.25, 0.3) is 16.8 Å². The van der Waals surface area contributed by atoms with E-state index in [2.05, 4.69) is 30.0 Å². The van der Waals surface area contributed by atoms with Gasteiger partial charge in [0.25, 0.3) is 5.91 Å².